The maximum absolute atomic E-state index is 12.5. The molecule has 3 rings (SSSR count). The topological polar surface area (TPSA) is 80.6 Å². The predicted octanol–water partition coefficient (Wildman–Crippen LogP) is 4.19. The molecule has 0 saturated heterocycles. The van der Waals surface area contributed by atoms with E-state index in [1.807, 2.05) is 26.0 Å². The van der Waals surface area contributed by atoms with Crippen LogP contribution in [0.1, 0.15) is 36.9 Å². The number of thiophene rings is 1. The van der Waals surface area contributed by atoms with Crippen LogP contribution in [0.15, 0.2) is 47.1 Å². The molecule has 3 aromatic rings. The van der Waals surface area contributed by atoms with Crippen LogP contribution in [0.3, 0.4) is 0 Å². The Kier molecular flexibility index (Phi) is 6.16. The standard InChI is InChI=1S/C21H22N2O4S/c1-13-6-7-16(26-3)15(11-13)8-9-22-21(25)19-14(2)12-18(28-19)23-20(24)17-5-4-10-27-17/h4-7,10-12H,8-9H2,1-3H3,(H,22,25)(H,23,24). The van der Waals surface area contributed by atoms with Crippen molar-refractivity contribution in [1.82, 2.24) is 5.32 Å². The summed E-state index contributed by atoms with van der Waals surface area (Å²) in [7, 11) is 1.64. The third-order valence-corrected chi connectivity index (χ3v) is 5.37. The number of amides is 2. The highest BCUT2D eigenvalue weighted by Crippen LogP contribution is 2.27. The van der Waals surface area contributed by atoms with E-state index in [4.69, 9.17) is 9.15 Å². The molecule has 0 aliphatic rings. The molecule has 1 aromatic carbocycles. The van der Waals surface area contributed by atoms with Crippen LogP contribution in [-0.2, 0) is 6.42 Å². The van der Waals surface area contributed by atoms with Gasteiger partial charge in [-0.05, 0) is 55.7 Å². The summed E-state index contributed by atoms with van der Waals surface area (Å²) in [6, 6.07) is 11.0. The summed E-state index contributed by atoms with van der Waals surface area (Å²) in [5, 5.41) is 6.29. The first-order chi connectivity index (χ1) is 13.5. The Labute approximate surface area is 167 Å². The predicted molar refractivity (Wildman–Crippen MR) is 109 cm³/mol. The summed E-state index contributed by atoms with van der Waals surface area (Å²) < 4.78 is 10.5. The number of hydrogen-bond donors (Lipinski definition) is 2. The van der Waals surface area contributed by atoms with Gasteiger partial charge in [0.1, 0.15) is 5.75 Å². The van der Waals surface area contributed by atoms with Gasteiger partial charge in [0.05, 0.1) is 23.3 Å². The van der Waals surface area contributed by atoms with Crippen LogP contribution in [0.2, 0.25) is 0 Å². The Balaban J connectivity index is 1.60. The Morgan fingerprint density at radius 1 is 1.14 bits per heavy atom. The van der Waals surface area contributed by atoms with Crippen molar-refractivity contribution in [3.63, 3.8) is 0 Å². The van der Waals surface area contributed by atoms with Gasteiger partial charge in [-0.1, -0.05) is 17.7 Å². The van der Waals surface area contributed by atoms with E-state index >= 15 is 0 Å². The smallest absolute Gasteiger partial charge is 0.291 e. The fourth-order valence-electron chi connectivity index (χ4n) is 2.84. The average Bonchev–Trinajstić information content (AvgIpc) is 3.32. The van der Waals surface area contributed by atoms with Gasteiger partial charge in [-0.25, -0.2) is 0 Å². The maximum Gasteiger partial charge on any atom is 0.291 e. The molecule has 28 heavy (non-hydrogen) atoms. The van der Waals surface area contributed by atoms with E-state index in [0.717, 1.165) is 22.4 Å². The van der Waals surface area contributed by atoms with Crippen LogP contribution in [-0.4, -0.2) is 25.5 Å². The lowest BCUT2D eigenvalue weighted by molar-refractivity contribution is 0.0956. The molecule has 146 valence electrons. The number of carbonyl (C=O) groups excluding carboxylic acids is 2. The number of nitrogens with one attached hydrogen (secondary N) is 2. The van der Waals surface area contributed by atoms with Crippen LogP contribution in [0.25, 0.3) is 0 Å². The maximum atomic E-state index is 12.5. The van der Waals surface area contributed by atoms with Gasteiger partial charge >= 0.3 is 0 Å². The third kappa shape index (κ3) is 4.61. The van der Waals surface area contributed by atoms with Gasteiger partial charge in [-0.2, -0.15) is 0 Å². The van der Waals surface area contributed by atoms with Gasteiger partial charge in [0.2, 0.25) is 0 Å². The van der Waals surface area contributed by atoms with E-state index in [1.165, 1.54) is 17.6 Å². The highest BCUT2D eigenvalue weighted by Gasteiger charge is 2.16. The fourth-order valence-corrected chi connectivity index (χ4v) is 3.83. The van der Waals surface area contributed by atoms with Gasteiger partial charge < -0.3 is 19.8 Å². The van der Waals surface area contributed by atoms with Crippen molar-refractivity contribution < 1.29 is 18.7 Å². The van der Waals surface area contributed by atoms with E-state index in [2.05, 4.69) is 16.7 Å². The van der Waals surface area contributed by atoms with E-state index in [-0.39, 0.29) is 17.6 Å². The van der Waals surface area contributed by atoms with Crippen molar-refractivity contribution in [2.24, 2.45) is 0 Å². The first kappa shape index (κ1) is 19.7. The zero-order valence-electron chi connectivity index (χ0n) is 16.0. The summed E-state index contributed by atoms with van der Waals surface area (Å²) in [6.45, 7) is 4.36. The minimum atomic E-state index is -0.343. The second-order valence-corrected chi connectivity index (χ2v) is 7.43. The number of rotatable bonds is 7. The van der Waals surface area contributed by atoms with Crippen LogP contribution in [0, 0.1) is 13.8 Å². The minimum Gasteiger partial charge on any atom is -0.496 e. The summed E-state index contributed by atoms with van der Waals surface area (Å²) in [6.07, 6.45) is 2.11. The molecule has 0 saturated carbocycles. The number of methoxy groups -OCH3 is 1. The molecule has 6 nitrogen and oxygen atoms in total. The molecule has 2 heterocycles. The van der Waals surface area contributed by atoms with E-state index in [9.17, 15) is 9.59 Å². The van der Waals surface area contributed by atoms with Crippen molar-refractivity contribution in [2.45, 2.75) is 20.3 Å². The molecule has 0 spiro atoms. The number of anilines is 1. The molecule has 0 atom stereocenters. The van der Waals surface area contributed by atoms with Gasteiger partial charge in [0, 0.05) is 6.54 Å². The molecular weight excluding hydrogens is 376 g/mol. The van der Waals surface area contributed by atoms with Gasteiger partial charge in [0.15, 0.2) is 5.76 Å². The summed E-state index contributed by atoms with van der Waals surface area (Å²) >= 11 is 1.24. The van der Waals surface area contributed by atoms with Crippen molar-refractivity contribution in [3.05, 3.63) is 70.0 Å². The number of carbonyl (C=O) groups is 2. The molecule has 0 aliphatic heterocycles. The van der Waals surface area contributed by atoms with Crippen molar-refractivity contribution in [3.8, 4) is 5.75 Å². The van der Waals surface area contributed by atoms with Crippen LogP contribution in [0.5, 0.6) is 5.75 Å². The number of furan rings is 1. The SMILES string of the molecule is COc1ccc(C)cc1CCNC(=O)c1sc(NC(=O)c2ccco2)cc1C. The normalized spacial score (nSPS) is 10.5. The zero-order valence-corrected chi connectivity index (χ0v) is 16.8. The Morgan fingerprint density at radius 3 is 2.68 bits per heavy atom. The monoisotopic (exact) mass is 398 g/mol. The molecule has 0 unspecified atom stereocenters. The van der Waals surface area contributed by atoms with Gasteiger partial charge in [-0.3, -0.25) is 9.59 Å². The second kappa shape index (κ2) is 8.75. The fraction of sp³-hybridized carbons (Fsp3) is 0.238. The lowest BCUT2D eigenvalue weighted by Crippen LogP contribution is -2.25. The highest BCUT2D eigenvalue weighted by atomic mass is 32.1. The second-order valence-electron chi connectivity index (χ2n) is 6.38. The number of benzene rings is 1. The van der Waals surface area contributed by atoms with Gasteiger partial charge in [0.25, 0.3) is 11.8 Å². The van der Waals surface area contributed by atoms with E-state index < -0.39 is 0 Å². The largest absolute Gasteiger partial charge is 0.496 e. The zero-order chi connectivity index (χ0) is 20.1. The molecule has 7 heteroatoms. The van der Waals surface area contributed by atoms with E-state index in [1.54, 1.807) is 25.3 Å². The van der Waals surface area contributed by atoms with Crippen molar-refractivity contribution in [2.75, 3.05) is 19.0 Å². The van der Waals surface area contributed by atoms with Crippen LogP contribution < -0.4 is 15.4 Å². The van der Waals surface area contributed by atoms with E-state index in [0.29, 0.717) is 22.8 Å². The molecule has 0 aliphatic carbocycles. The molecular formula is C21H22N2O4S. The molecule has 0 radical (unpaired) electrons. The Bertz CT molecular complexity index is 976. The van der Waals surface area contributed by atoms with Gasteiger partial charge in [-0.15, -0.1) is 11.3 Å². The summed E-state index contributed by atoms with van der Waals surface area (Å²) in [5.74, 6) is 0.539. The highest BCUT2D eigenvalue weighted by molar-refractivity contribution is 7.18. The van der Waals surface area contributed by atoms with Crippen LogP contribution in [0.4, 0.5) is 5.00 Å². The minimum absolute atomic E-state index is 0.160. The molecule has 0 bridgehead atoms. The summed E-state index contributed by atoms with van der Waals surface area (Å²) in [4.78, 5) is 25.2. The molecule has 2 N–H and O–H groups in total. The summed E-state index contributed by atoms with van der Waals surface area (Å²) in [5.41, 5.74) is 3.01. The lowest BCUT2D eigenvalue weighted by Gasteiger charge is -2.10. The first-order valence-corrected chi connectivity index (χ1v) is 9.66. The Morgan fingerprint density at radius 2 is 1.96 bits per heavy atom. The molecule has 2 amide bonds. The number of aryl methyl sites for hydroxylation is 2. The third-order valence-electron chi connectivity index (χ3n) is 4.22. The Hall–Kier alpha value is -3.06. The quantitative estimate of drug-likeness (QED) is 0.625. The first-order valence-electron chi connectivity index (χ1n) is 8.85. The van der Waals surface area contributed by atoms with Crippen LogP contribution >= 0.6 is 11.3 Å². The molecule has 0 fully saturated rings. The number of hydrogen-bond acceptors (Lipinski definition) is 5. The average molecular weight is 398 g/mol. The molecule has 2 aromatic heterocycles. The lowest BCUT2D eigenvalue weighted by atomic mass is 10.1. The van der Waals surface area contributed by atoms with Crippen molar-refractivity contribution in [1.29, 1.82) is 0 Å². The number of ether oxygens (including phenoxy) is 1. The van der Waals surface area contributed by atoms with Crippen molar-refractivity contribution >= 4 is 28.2 Å².